The summed E-state index contributed by atoms with van der Waals surface area (Å²) in [4.78, 5) is 10.8. The van der Waals surface area contributed by atoms with E-state index in [9.17, 15) is 19.0 Å². The quantitative estimate of drug-likeness (QED) is 0.233. The van der Waals surface area contributed by atoms with Crippen molar-refractivity contribution >= 4 is 56.1 Å². The first-order valence-corrected chi connectivity index (χ1v) is 10.7. The van der Waals surface area contributed by atoms with Crippen LogP contribution in [0.3, 0.4) is 0 Å². The van der Waals surface area contributed by atoms with Gasteiger partial charge in [0, 0.05) is 41.6 Å². The fourth-order valence-electron chi connectivity index (χ4n) is 1.06. The maximum absolute atomic E-state index is 11.4. The third-order valence-electron chi connectivity index (χ3n) is 2.39. The Kier molecular flexibility index (Phi) is 13.7. The average Bonchev–Trinajstić information content (AvgIpc) is 2.59. The molecule has 0 radical (unpaired) electrons. The third kappa shape index (κ3) is 10.5. The van der Waals surface area contributed by atoms with E-state index in [-0.39, 0.29) is 11.7 Å². The van der Waals surface area contributed by atoms with Crippen molar-refractivity contribution in [1.82, 2.24) is 5.32 Å². The zero-order chi connectivity index (χ0) is 21.2. The molecule has 0 saturated carbocycles. The Morgan fingerprint density at radius 1 is 1.08 bits per heavy atom. The molecule has 15 heteroatoms. The van der Waals surface area contributed by atoms with Gasteiger partial charge in [-0.05, 0) is 6.92 Å². The molecule has 0 saturated heterocycles. The molecule has 2 N–H and O–H groups in total. The first-order chi connectivity index (χ1) is 11.7. The van der Waals surface area contributed by atoms with E-state index in [0.29, 0.717) is 0 Å². The minimum atomic E-state index is -3.73. The summed E-state index contributed by atoms with van der Waals surface area (Å²) in [7, 11) is -1.26. The Balaban J connectivity index is 0. The highest BCUT2D eigenvalue weighted by molar-refractivity contribution is 7.54. The normalized spacial score (nSPS) is 14.2. The second kappa shape index (κ2) is 12.6. The number of allylic oxidation sites excluding steroid dienone is 1. The lowest BCUT2D eigenvalue weighted by Crippen LogP contribution is -2.26. The predicted octanol–water partition coefficient (Wildman–Crippen LogP) is 3.21. The predicted molar refractivity (Wildman–Crippen MR) is 98.5 cm³/mol. The fraction of sp³-hybridized carbons (Fsp3) is 0.727. The number of aliphatic hydroxyl groups excluding tert-OH is 1. The number of phosphoric ester groups is 1. The molecule has 10 nitrogen and oxygen atoms in total. The van der Waals surface area contributed by atoms with Crippen LogP contribution in [0.5, 0.6) is 0 Å². The monoisotopic (exact) mass is 479 g/mol. The largest absolute Gasteiger partial charge is 0.529 e. The lowest BCUT2D eigenvalue weighted by molar-refractivity contribution is -0.116. The number of phosphoric acid groups is 1. The second-order valence-corrected chi connectivity index (χ2v) is 10.6. The molecule has 156 valence electrons. The molecule has 0 aliphatic rings. The summed E-state index contributed by atoms with van der Waals surface area (Å²) >= 11 is 15.8. The number of carbonyl (C=O) groups is 1. The van der Waals surface area contributed by atoms with E-state index in [1.807, 2.05) is 0 Å². The van der Waals surface area contributed by atoms with Gasteiger partial charge in [-0.1, -0.05) is 34.8 Å². The van der Waals surface area contributed by atoms with Crippen molar-refractivity contribution in [3.8, 4) is 0 Å². The van der Waals surface area contributed by atoms with Crippen molar-refractivity contribution < 1.29 is 41.6 Å². The van der Waals surface area contributed by atoms with E-state index < -0.39 is 25.1 Å². The SMILES string of the molecule is CNC(=O)/C=C(\C)OP(=O)(OC)OC.COP(=O)(OC)C(O)C(Cl)(Cl)Cl. The van der Waals surface area contributed by atoms with Gasteiger partial charge in [-0.25, -0.2) is 4.57 Å². The number of likely N-dealkylation sites (N-methyl/N-ethyl adjacent to an activating group) is 1. The van der Waals surface area contributed by atoms with Gasteiger partial charge in [0.15, 0.2) is 0 Å². The minimum absolute atomic E-state index is 0.149. The van der Waals surface area contributed by atoms with Crippen LogP contribution in [0.2, 0.25) is 0 Å². The first-order valence-electron chi connectivity index (χ1n) is 6.52. The molecule has 1 unspecified atom stereocenters. The Hall–Kier alpha value is 0.140. The molecule has 0 spiro atoms. The molecule has 1 atom stereocenters. The van der Waals surface area contributed by atoms with Gasteiger partial charge in [-0.2, -0.15) is 0 Å². The molecule has 0 fully saturated rings. The standard InChI is InChI=1S/C7H14NO5P.C4H8Cl3O4P/c1-6(5-7(9)8-2)13-14(10,11-3)12-4;1-10-12(9,11-2)3(8)4(5,6)7/h5H,1-4H3,(H,8,9);3,8H,1-2H3/b6-5+;. The third-order valence-corrected chi connectivity index (χ3v) is 6.87. The fourth-order valence-corrected chi connectivity index (χ4v) is 3.75. The van der Waals surface area contributed by atoms with E-state index in [4.69, 9.17) is 39.3 Å². The van der Waals surface area contributed by atoms with E-state index in [1.165, 1.54) is 28.2 Å². The number of nitrogens with one attached hydrogen (secondary N) is 1. The van der Waals surface area contributed by atoms with E-state index >= 15 is 0 Å². The summed E-state index contributed by atoms with van der Waals surface area (Å²) in [6.45, 7) is 1.47. The summed E-state index contributed by atoms with van der Waals surface area (Å²) in [5, 5.41) is 11.5. The van der Waals surface area contributed by atoms with Crippen LogP contribution in [-0.2, 0) is 36.5 Å². The van der Waals surface area contributed by atoms with Crippen LogP contribution in [0.25, 0.3) is 0 Å². The maximum Gasteiger partial charge on any atom is 0.529 e. The molecule has 0 aromatic rings. The van der Waals surface area contributed by atoms with Crippen LogP contribution < -0.4 is 5.32 Å². The van der Waals surface area contributed by atoms with E-state index in [1.54, 1.807) is 0 Å². The molecule has 0 aliphatic heterocycles. The molecule has 0 heterocycles. The summed E-state index contributed by atoms with van der Waals surface area (Å²) in [6, 6.07) is 0. The molecule has 0 aromatic heterocycles. The Labute approximate surface area is 167 Å². The molecule has 0 rings (SSSR count). The van der Waals surface area contributed by atoms with Crippen LogP contribution in [0.15, 0.2) is 11.8 Å². The minimum Gasteiger partial charge on any atom is -0.409 e. The van der Waals surface area contributed by atoms with Crippen molar-refractivity contribution in [2.75, 3.05) is 35.5 Å². The van der Waals surface area contributed by atoms with Gasteiger partial charge in [0.2, 0.25) is 15.5 Å². The number of halogens is 3. The number of alkyl halides is 3. The van der Waals surface area contributed by atoms with Crippen LogP contribution in [-0.4, -0.2) is 56.1 Å². The summed E-state index contributed by atoms with van der Waals surface area (Å²) in [5.41, 5.74) is 0. The number of rotatable bonds is 8. The van der Waals surface area contributed by atoms with E-state index in [2.05, 4.69) is 23.4 Å². The van der Waals surface area contributed by atoms with E-state index in [0.717, 1.165) is 20.3 Å². The van der Waals surface area contributed by atoms with Gasteiger partial charge in [0.05, 0.1) is 0 Å². The lowest BCUT2D eigenvalue weighted by atomic mass is 10.5. The highest BCUT2D eigenvalue weighted by atomic mass is 35.6. The topological polar surface area (TPSA) is 130 Å². The van der Waals surface area contributed by atoms with Crippen LogP contribution >= 0.6 is 50.2 Å². The molecule has 0 aromatic carbocycles. The van der Waals surface area contributed by atoms with Crippen LogP contribution in [0, 0.1) is 0 Å². The van der Waals surface area contributed by atoms with Gasteiger partial charge in [0.1, 0.15) is 5.76 Å². The molecular formula is C11H22Cl3NO9P2. The maximum atomic E-state index is 11.4. The molecule has 26 heavy (non-hydrogen) atoms. The van der Waals surface area contributed by atoms with Gasteiger partial charge in [0.25, 0.3) is 0 Å². The number of hydrogen-bond donors (Lipinski definition) is 2. The van der Waals surface area contributed by atoms with Gasteiger partial charge in [-0.15, -0.1) is 0 Å². The summed E-state index contributed by atoms with van der Waals surface area (Å²) in [5.74, 6) is -2.01. The highest BCUT2D eigenvalue weighted by Gasteiger charge is 2.46. The Bertz CT molecular complexity index is 552. The molecule has 0 bridgehead atoms. The number of aliphatic hydroxyl groups is 1. The van der Waals surface area contributed by atoms with Gasteiger partial charge >= 0.3 is 15.4 Å². The Morgan fingerprint density at radius 3 is 1.73 bits per heavy atom. The van der Waals surface area contributed by atoms with Crippen LogP contribution in [0.1, 0.15) is 6.92 Å². The summed E-state index contributed by atoms with van der Waals surface area (Å²) in [6.07, 6.45) is 1.14. The molecule has 0 aliphatic carbocycles. The zero-order valence-corrected chi connectivity index (χ0v) is 19.0. The van der Waals surface area contributed by atoms with Gasteiger partial charge in [-0.3, -0.25) is 18.4 Å². The first kappa shape index (κ1) is 28.4. The van der Waals surface area contributed by atoms with Crippen molar-refractivity contribution in [2.45, 2.75) is 16.6 Å². The van der Waals surface area contributed by atoms with Crippen LogP contribution in [0.4, 0.5) is 0 Å². The average molecular weight is 481 g/mol. The van der Waals surface area contributed by atoms with Crippen molar-refractivity contribution in [3.05, 3.63) is 11.8 Å². The van der Waals surface area contributed by atoms with Gasteiger partial charge < -0.3 is 24.0 Å². The number of carbonyl (C=O) groups excluding carboxylic acids is 1. The highest BCUT2D eigenvalue weighted by Crippen LogP contribution is 2.57. The van der Waals surface area contributed by atoms with Crippen molar-refractivity contribution in [1.29, 1.82) is 0 Å². The second-order valence-electron chi connectivity index (χ2n) is 4.09. The smallest absolute Gasteiger partial charge is 0.409 e. The van der Waals surface area contributed by atoms with Crippen molar-refractivity contribution in [3.63, 3.8) is 0 Å². The van der Waals surface area contributed by atoms with Crippen molar-refractivity contribution in [2.24, 2.45) is 0 Å². The zero-order valence-electron chi connectivity index (χ0n) is 14.9. The number of hydrogen-bond acceptors (Lipinski definition) is 9. The molecule has 1 amide bonds. The summed E-state index contributed by atoms with van der Waals surface area (Å²) < 4.78 is 43.3. The number of amides is 1. The lowest BCUT2D eigenvalue weighted by Gasteiger charge is -2.24. The Morgan fingerprint density at radius 2 is 1.50 bits per heavy atom. The molecular weight excluding hydrogens is 458 g/mol.